The largest absolute Gasteiger partial charge is 0.333 e. The first-order valence-electron chi connectivity index (χ1n) is 8.76. The minimum absolute atomic E-state index is 0.0223. The number of sulfone groups is 1. The summed E-state index contributed by atoms with van der Waals surface area (Å²) in [6.07, 6.45) is 2.73. The fraction of sp³-hybridized carbons (Fsp3) is 0.632. The molecule has 2 heterocycles. The van der Waals surface area contributed by atoms with Crippen LogP contribution in [0.1, 0.15) is 49.8 Å². The van der Waals surface area contributed by atoms with Crippen molar-refractivity contribution in [2.75, 3.05) is 11.5 Å². The van der Waals surface area contributed by atoms with Gasteiger partial charge in [0.15, 0.2) is 9.84 Å². The molecular weight excluding hydrogens is 322 g/mol. The number of aryl methyl sites for hydroxylation is 1. The number of fused-ring (bicyclic) bond motifs is 1. The molecular formula is C19H27NO3S. The molecule has 3 rings (SSSR count). The van der Waals surface area contributed by atoms with E-state index in [0.717, 1.165) is 12.8 Å². The molecule has 0 radical (unpaired) electrons. The lowest BCUT2D eigenvalue weighted by Crippen LogP contribution is -2.52. The third kappa shape index (κ3) is 3.51. The van der Waals surface area contributed by atoms with Gasteiger partial charge in [-0.1, -0.05) is 18.2 Å². The average molecular weight is 349 g/mol. The number of hydrogen-bond donors (Lipinski definition) is 0. The van der Waals surface area contributed by atoms with E-state index in [2.05, 4.69) is 32.9 Å². The Morgan fingerprint density at radius 3 is 2.79 bits per heavy atom. The predicted molar refractivity (Wildman–Crippen MR) is 95.5 cm³/mol. The second kappa shape index (κ2) is 6.17. The van der Waals surface area contributed by atoms with Crippen LogP contribution in [0.4, 0.5) is 0 Å². The molecule has 1 atom stereocenters. The van der Waals surface area contributed by atoms with E-state index >= 15 is 0 Å². The van der Waals surface area contributed by atoms with Crippen molar-refractivity contribution >= 4 is 15.7 Å². The van der Waals surface area contributed by atoms with Gasteiger partial charge >= 0.3 is 0 Å². The van der Waals surface area contributed by atoms with E-state index in [4.69, 9.17) is 0 Å². The Balaban J connectivity index is 1.77. The molecule has 0 bridgehead atoms. The highest BCUT2D eigenvalue weighted by Gasteiger charge is 2.37. The highest BCUT2D eigenvalue weighted by atomic mass is 32.2. The molecule has 4 nitrogen and oxygen atoms in total. The normalized spacial score (nSPS) is 25.1. The van der Waals surface area contributed by atoms with E-state index in [0.29, 0.717) is 19.4 Å². The van der Waals surface area contributed by atoms with Crippen LogP contribution >= 0.6 is 0 Å². The van der Waals surface area contributed by atoms with Crippen molar-refractivity contribution in [2.45, 2.75) is 58.5 Å². The Morgan fingerprint density at radius 2 is 2.08 bits per heavy atom. The van der Waals surface area contributed by atoms with Gasteiger partial charge in [0, 0.05) is 18.5 Å². The molecule has 132 valence electrons. The number of benzene rings is 1. The van der Waals surface area contributed by atoms with Crippen molar-refractivity contribution in [3.8, 4) is 0 Å². The fourth-order valence-corrected chi connectivity index (χ4v) is 5.91. The SMILES string of the molecule is Cc1cccc2c1CC(C)(C)N(C(=O)C[C@H]1CCCS(=O)(=O)C1)C2. The Morgan fingerprint density at radius 1 is 1.33 bits per heavy atom. The minimum atomic E-state index is -2.96. The predicted octanol–water partition coefficient (Wildman–Crippen LogP) is 2.87. The highest BCUT2D eigenvalue weighted by Crippen LogP contribution is 2.34. The summed E-state index contributed by atoms with van der Waals surface area (Å²) >= 11 is 0. The molecule has 1 saturated heterocycles. The van der Waals surface area contributed by atoms with Gasteiger partial charge in [-0.05, 0) is 62.6 Å². The smallest absolute Gasteiger partial charge is 0.223 e. The van der Waals surface area contributed by atoms with E-state index in [1.165, 1.54) is 16.7 Å². The Labute approximate surface area is 145 Å². The Hall–Kier alpha value is -1.36. The lowest BCUT2D eigenvalue weighted by atomic mass is 9.83. The topological polar surface area (TPSA) is 54.5 Å². The molecule has 0 N–H and O–H groups in total. The van der Waals surface area contributed by atoms with Gasteiger partial charge in [-0.3, -0.25) is 4.79 Å². The molecule has 0 unspecified atom stereocenters. The minimum Gasteiger partial charge on any atom is -0.333 e. The molecule has 2 aliphatic heterocycles. The molecule has 2 aliphatic rings. The Kier molecular flexibility index (Phi) is 4.49. The van der Waals surface area contributed by atoms with Crippen molar-refractivity contribution in [1.29, 1.82) is 0 Å². The number of carbonyl (C=O) groups excluding carboxylic acids is 1. The van der Waals surface area contributed by atoms with E-state index in [-0.39, 0.29) is 28.9 Å². The zero-order valence-corrected chi connectivity index (χ0v) is 15.7. The molecule has 5 heteroatoms. The van der Waals surface area contributed by atoms with Crippen LogP contribution in [0, 0.1) is 12.8 Å². The van der Waals surface area contributed by atoms with Crippen LogP contribution in [0.15, 0.2) is 18.2 Å². The van der Waals surface area contributed by atoms with Crippen LogP contribution in [0.5, 0.6) is 0 Å². The summed E-state index contributed by atoms with van der Waals surface area (Å²) in [6.45, 7) is 6.97. The third-order valence-electron chi connectivity index (χ3n) is 5.50. The van der Waals surface area contributed by atoms with E-state index in [1.54, 1.807) is 0 Å². The molecule has 1 amide bonds. The maximum absolute atomic E-state index is 12.9. The molecule has 1 aromatic rings. The van der Waals surface area contributed by atoms with Crippen molar-refractivity contribution in [3.05, 3.63) is 34.9 Å². The van der Waals surface area contributed by atoms with Crippen LogP contribution in [0.25, 0.3) is 0 Å². The maximum atomic E-state index is 12.9. The zero-order chi connectivity index (χ0) is 17.5. The summed E-state index contributed by atoms with van der Waals surface area (Å²) in [7, 11) is -2.96. The van der Waals surface area contributed by atoms with Crippen molar-refractivity contribution in [3.63, 3.8) is 0 Å². The summed E-state index contributed by atoms with van der Waals surface area (Å²) in [5, 5.41) is 0. The van der Waals surface area contributed by atoms with Crippen LogP contribution in [-0.2, 0) is 27.6 Å². The summed E-state index contributed by atoms with van der Waals surface area (Å²) in [5.74, 6) is 0.516. The first-order valence-corrected chi connectivity index (χ1v) is 10.6. The molecule has 0 saturated carbocycles. The standard InChI is InChI=1S/C19H27NO3S/c1-14-6-4-8-16-12-20(19(2,3)11-17(14)16)18(21)10-15-7-5-9-24(22,23)13-15/h4,6,8,15H,5,7,9-13H2,1-3H3/t15-/m1/s1. The molecule has 24 heavy (non-hydrogen) atoms. The van der Waals surface area contributed by atoms with Gasteiger partial charge in [0.2, 0.25) is 5.91 Å². The first kappa shape index (κ1) is 17.5. The lowest BCUT2D eigenvalue weighted by Gasteiger charge is -2.44. The maximum Gasteiger partial charge on any atom is 0.223 e. The molecule has 1 aromatic carbocycles. The summed E-state index contributed by atoms with van der Waals surface area (Å²) < 4.78 is 23.6. The molecule has 0 spiro atoms. The number of carbonyl (C=O) groups is 1. The quantitative estimate of drug-likeness (QED) is 0.825. The lowest BCUT2D eigenvalue weighted by molar-refractivity contribution is -0.139. The van der Waals surface area contributed by atoms with Crippen LogP contribution in [0.2, 0.25) is 0 Å². The fourth-order valence-electron chi connectivity index (χ4n) is 4.14. The van der Waals surface area contributed by atoms with Crippen molar-refractivity contribution in [2.24, 2.45) is 5.92 Å². The van der Waals surface area contributed by atoms with Gasteiger partial charge in [-0.25, -0.2) is 8.42 Å². The van der Waals surface area contributed by atoms with Crippen LogP contribution < -0.4 is 0 Å². The number of hydrogen-bond acceptors (Lipinski definition) is 3. The second-order valence-electron chi connectivity index (χ2n) is 8.01. The van der Waals surface area contributed by atoms with Crippen LogP contribution in [-0.4, -0.2) is 36.3 Å². The number of nitrogens with zero attached hydrogens (tertiary/aromatic N) is 1. The molecule has 0 aliphatic carbocycles. The second-order valence-corrected chi connectivity index (χ2v) is 10.2. The average Bonchev–Trinajstić information content (AvgIpc) is 2.46. The van der Waals surface area contributed by atoms with Gasteiger partial charge in [0.1, 0.15) is 0 Å². The summed E-state index contributed by atoms with van der Waals surface area (Å²) in [6, 6.07) is 6.27. The van der Waals surface area contributed by atoms with Gasteiger partial charge < -0.3 is 4.90 Å². The summed E-state index contributed by atoms with van der Waals surface area (Å²) in [5.41, 5.74) is 3.63. The van der Waals surface area contributed by atoms with Gasteiger partial charge in [-0.15, -0.1) is 0 Å². The monoisotopic (exact) mass is 349 g/mol. The highest BCUT2D eigenvalue weighted by molar-refractivity contribution is 7.91. The first-order chi connectivity index (χ1) is 11.2. The van der Waals surface area contributed by atoms with E-state index in [9.17, 15) is 13.2 Å². The van der Waals surface area contributed by atoms with Crippen LogP contribution in [0.3, 0.4) is 0 Å². The van der Waals surface area contributed by atoms with E-state index in [1.807, 2.05) is 11.0 Å². The molecule has 1 fully saturated rings. The number of amides is 1. The zero-order valence-electron chi connectivity index (χ0n) is 14.8. The number of rotatable bonds is 2. The van der Waals surface area contributed by atoms with E-state index < -0.39 is 9.84 Å². The van der Waals surface area contributed by atoms with Crippen molar-refractivity contribution in [1.82, 2.24) is 4.90 Å². The van der Waals surface area contributed by atoms with Gasteiger partial charge in [-0.2, -0.15) is 0 Å². The van der Waals surface area contributed by atoms with Gasteiger partial charge in [0.25, 0.3) is 0 Å². The molecule has 0 aromatic heterocycles. The van der Waals surface area contributed by atoms with Gasteiger partial charge in [0.05, 0.1) is 11.5 Å². The third-order valence-corrected chi connectivity index (χ3v) is 7.39. The Bertz CT molecular complexity index is 752. The van der Waals surface area contributed by atoms with Crippen molar-refractivity contribution < 1.29 is 13.2 Å². The summed E-state index contributed by atoms with van der Waals surface area (Å²) in [4.78, 5) is 14.9.